The van der Waals surface area contributed by atoms with Gasteiger partial charge in [0.2, 0.25) is 11.8 Å². The lowest BCUT2D eigenvalue weighted by Gasteiger charge is -2.14. The van der Waals surface area contributed by atoms with Gasteiger partial charge in [-0.05, 0) is 25.5 Å². The molecule has 0 aliphatic heterocycles. The van der Waals surface area contributed by atoms with Crippen LogP contribution in [0.15, 0.2) is 42.5 Å². The second-order valence-corrected chi connectivity index (χ2v) is 4.96. The van der Waals surface area contributed by atoms with Crippen molar-refractivity contribution in [1.82, 2.24) is 10.6 Å². The minimum absolute atomic E-state index is 0.0342. The van der Waals surface area contributed by atoms with Gasteiger partial charge in [0.05, 0.1) is 13.2 Å². The third-order valence-corrected chi connectivity index (χ3v) is 3.04. The zero-order valence-corrected chi connectivity index (χ0v) is 13.9. The number of nitrogens with one attached hydrogen (secondary N) is 2. The Bertz CT molecular complexity index is 643. The van der Waals surface area contributed by atoms with E-state index in [1.165, 1.54) is 6.08 Å². The minimum atomic E-state index is -0.994. The smallest absolute Gasteiger partial charge is 0.330 e. The number of benzene rings is 1. The third-order valence-electron chi connectivity index (χ3n) is 3.04. The van der Waals surface area contributed by atoms with Crippen molar-refractivity contribution in [2.75, 3.05) is 13.2 Å². The SMILES string of the molecule is CCOC(=O)/C=C/C[C@@H](NC(=O)CNC(=O)c1ccccc1)C(N)=O. The molecule has 0 aliphatic rings. The summed E-state index contributed by atoms with van der Waals surface area (Å²) in [7, 11) is 0. The van der Waals surface area contributed by atoms with Crippen LogP contribution in [0.4, 0.5) is 0 Å². The number of carbonyl (C=O) groups excluding carboxylic acids is 4. The molecule has 8 nitrogen and oxygen atoms in total. The van der Waals surface area contributed by atoms with Gasteiger partial charge in [0.15, 0.2) is 0 Å². The molecule has 0 saturated carbocycles. The summed E-state index contributed by atoms with van der Waals surface area (Å²) in [5.41, 5.74) is 5.63. The number of ether oxygens (including phenoxy) is 1. The van der Waals surface area contributed by atoms with Crippen LogP contribution in [0.3, 0.4) is 0 Å². The molecule has 0 heterocycles. The monoisotopic (exact) mass is 347 g/mol. The van der Waals surface area contributed by atoms with E-state index in [-0.39, 0.29) is 19.6 Å². The average molecular weight is 347 g/mol. The summed E-state index contributed by atoms with van der Waals surface area (Å²) in [6, 6.07) is 7.40. The molecule has 4 N–H and O–H groups in total. The maximum Gasteiger partial charge on any atom is 0.330 e. The van der Waals surface area contributed by atoms with E-state index in [1.54, 1.807) is 37.3 Å². The summed E-state index contributed by atoms with van der Waals surface area (Å²) in [4.78, 5) is 46.2. The van der Waals surface area contributed by atoms with Crippen molar-refractivity contribution in [1.29, 1.82) is 0 Å². The Morgan fingerprint density at radius 3 is 2.48 bits per heavy atom. The maximum absolute atomic E-state index is 11.8. The van der Waals surface area contributed by atoms with E-state index in [0.29, 0.717) is 5.56 Å². The Morgan fingerprint density at radius 2 is 1.88 bits per heavy atom. The average Bonchev–Trinajstić information content (AvgIpc) is 2.59. The summed E-state index contributed by atoms with van der Waals surface area (Å²) >= 11 is 0. The molecule has 1 aromatic carbocycles. The number of esters is 1. The number of rotatable bonds is 9. The van der Waals surface area contributed by atoms with Crippen molar-refractivity contribution in [3.05, 3.63) is 48.0 Å². The molecule has 0 bridgehead atoms. The van der Waals surface area contributed by atoms with Crippen LogP contribution in [0.5, 0.6) is 0 Å². The van der Waals surface area contributed by atoms with E-state index < -0.39 is 29.7 Å². The molecule has 134 valence electrons. The fourth-order valence-electron chi connectivity index (χ4n) is 1.83. The second kappa shape index (κ2) is 10.6. The Labute approximate surface area is 145 Å². The van der Waals surface area contributed by atoms with Crippen molar-refractivity contribution in [2.24, 2.45) is 5.73 Å². The molecular formula is C17H21N3O5. The number of carbonyl (C=O) groups is 4. The van der Waals surface area contributed by atoms with Gasteiger partial charge < -0.3 is 21.1 Å². The molecule has 1 rings (SSSR count). The van der Waals surface area contributed by atoms with Crippen LogP contribution in [0.25, 0.3) is 0 Å². The first kappa shape index (κ1) is 19.9. The van der Waals surface area contributed by atoms with E-state index in [9.17, 15) is 19.2 Å². The molecule has 0 radical (unpaired) electrons. The molecule has 0 aromatic heterocycles. The van der Waals surface area contributed by atoms with Gasteiger partial charge in [-0.1, -0.05) is 24.3 Å². The van der Waals surface area contributed by atoms with Crippen LogP contribution in [-0.2, 0) is 19.1 Å². The molecule has 0 saturated heterocycles. The lowest BCUT2D eigenvalue weighted by Crippen LogP contribution is -2.47. The lowest BCUT2D eigenvalue weighted by molar-refractivity contribution is -0.137. The van der Waals surface area contributed by atoms with Crippen LogP contribution in [0.2, 0.25) is 0 Å². The molecule has 0 aliphatic carbocycles. The van der Waals surface area contributed by atoms with Gasteiger partial charge in [-0.2, -0.15) is 0 Å². The van der Waals surface area contributed by atoms with Crippen LogP contribution in [-0.4, -0.2) is 42.9 Å². The van der Waals surface area contributed by atoms with Crippen molar-refractivity contribution in [3.8, 4) is 0 Å². The number of nitrogens with two attached hydrogens (primary N) is 1. The van der Waals surface area contributed by atoms with Crippen LogP contribution in [0, 0.1) is 0 Å². The number of hydrogen-bond donors (Lipinski definition) is 3. The van der Waals surface area contributed by atoms with Crippen molar-refractivity contribution in [2.45, 2.75) is 19.4 Å². The molecule has 8 heteroatoms. The van der Waals surface area contributed by atoms with Gasteiger partial charge >= 0.3 is 5.97 Å². The van der Waals surface area contributed by atoms with Gasteiger partial charge in [-0.3, -0.25) is 14.4 Å². The standard InChI is InChI=1S/C17H21N3O5/c1-2-25-15(22)10-6-9-13(16(18)23)20-14(21)11-19-17(24)12-7-4-3-5-8-12/h3-8,10,13H,2,9,11H2,1H3,(H2,18,23)(H,19,24)(H,20,21)/b10-6+/t13-/m1/s1. The normalized spacial score (nSPS) is 11.6. The van der Waals surface area contributed by atoms with Crippen LogP contribution < -0.4 is 16.4 Å². The lowest BCUT2D eigenvalue weighted by atomic mass is 10.2. The summed E-state index contributed by atoms with van der Waals surface area (Å²) in [5.74, 6) is -2.28. The molecule has 0 unspecified atom stereocenters. The van der Waals surface area contributed by atoms with Crippen LogP contribution >= 0.6 is 0 Å². The van der Waals surface area contributed by atoms with Gasteiger partial charge in [0.1, 0.15) is 6.04 Å². The van der Waals surface area contributed by atoms with Crippen LogP contribution in [0.1, 0.15) is 23.7 Å². The van der Waals surface area contributed by atoms with Gasteiger partial charge in [-0.15, -0.1) is 0 Å². The highest BCUT2D eigenvalue weighted by molar-refractivity contribution is 5.97. The maximum atomic E-state index is 11.8. The van der Waals surface area contributed by atoms with Gasteiger partial charge in [-0.25, -0.2) is 4.79 Å². The largest absolute Gasteiger partial charge is 0.463 e. The third kappa shape index (κ3) is 7.78. The van der Waals surface area contributed by atoms with Gasteiger partial charge in [0.25, 0.3) is 5.91 Å². The fraction of sp³-hybridized carbons (Fsp3) is 0.294. The van der Waals surface area contributed by atoms with E-state index in [4.69, 9.17) is 10.5 Å². The minimum Gasteiger partial charge on any atom is -0.463 e. The van der Waals surface area contributed by atoms with E-state index in [1.807, 2.05) is 0 Å². The molecule has 3 amide bonds. The predicted molar refractivity (Wildman–Crippen MR) is 90.3 cm³/mol. The van der Waals surface area contributed by atoms with E-state index >= 15 is 0 Å². The second-order valence-electron chi connectivity index (χ2n) is 4.96. The number of hydrogen-bond acceptors (Lipinski definition) is 5. The van der Waals surface area contributed by atoms with Crippen molar-refractivity contribution < 1.29 is 23.9 Å². The first-order valence-corrected chi connectivity index (χ1v) is 7.69. The first-order chi connectivity index (χ1) is 11.9. The van der Waals surface area contributed by atoms with E-state index in [2.05, 4.69) is 10.6 Å². The zero-order chi connectivity index (χ0) is 18.7. The summed E-state index contributed by atoms with van der Waals surface area (Å²) in [6.07, 6.45) is 2.57. The number of primary amides is 1. The van der Waals surface area contributed by atoms with Crippen molar-refractivity contribution >= 4 is 23.7 Å². The number of amides is 3. The summed E-state index contributed by atoms with van der Waals surface area (Å²) < 4.78 is 4.70. The molecule has 0 fully saturated rings. The Hall–Kier alpha value is -3.16. The highest BCUT2D eigenvalue weighted by Gasteiger charge is 2.17. The molecule has 1 atom stereocenters. The highest BCUT2D eigenvalue weighted by Crippen LogP contribution is 1.98. The topological polar surface area (TPSA) is 128 Å². The van der Waals surface area contributed by atoms with Crippen molar-refractivity contribution in [3.63, 3.8) is 0 Å². The van der Waals surface area contributed by atoms with Gasteiger partial charge in [0, 0.05) is 11.6 Å². The molecular weight excluding hydrogens is 326 g/mol. The summed E-state index contributed by atoms with van der Waals surface area (Å²) in [6.45, 7) is 1.60. The molecule has 25 heavy (non-hydrogen) atoms. The molecule has 0 spiro atoms. The Balaban J connectivity index is 2.46. The first-order valence-electron chi connectivity index (χ1n) is 7.69. The summed E-state index contributed by atoms with van der Waals surface area (Å²) in [5, 5.41) is 4.84. The Morgan fingerprint density at radius 1 is 1.20 bits per heavy atom. The zero-order valence-electron chi connectivity index (χ0n) is 13.9. The Kier molecular flexibility index (Phi) is 8.42. The van der Waals surface area contributed by atoms with E-state index in [0.717, 1.165) is 6.08 Å². The quantitative estimate of drug-likeness (QED) is 0.424. The fourth-order valence-corrected chi connectivity index (χ4v) is 1.83. The molecule has 1 aromatic rings. The highest BCUT2D eigenvalue weighted by atomic mass is 16.5. The predicted octanol–water partition coefficient (Wildman–Crippen LogP) is -0.104.